The number of rotatable bonds is 5. The molecule has 1 aromatic carbocycles. The minimum atomic E-state index is -0.220. The molecule has 6 heteroatoms. The first-order valence-electron chi connectivity index (χ1n) is 6.58. The summed E-state index contributed by atoms with van der Waals surface area (Å²) in [6.45, 7) is 0.178. The molecule has 2 rings (SSSR count). The molecule has 0 saturated heterocycles. The van der Waals surface area contributed by atoms with Crippen LogP contribution in [0.1, 0.15) is 12.0 Å². The molecule has 0 radical (unpaired) electrons. The van der Waals surface area contributed by atoms with Crippen LogP contribution < -0.4 is 10.6 Å². The molecule has 0 saturated carbocycles. The number of benzene rings is 1. The fraction of sp³-hybridized carbons (Fsp3) is 0.429. The lowest BCUT2D eigenvalue weighted by Gasteiger charge is -2.12. The van der Waals surface area contributed by atoms with Gasteiger partial charge >= 0.3 is 0 Å². The number of hydrogen-bond donors (Lipinski definition) is 3. The van der Waals surface area contributed by atoms with Crippen molar-refractivity contribution in [2.45, 2.75) is 18.1 Å². The number of hydrogen-bond acceptors (Lipinski definition) is 4. The molecule has 1 aromatic rings. The molecule has 0 unspecified atom stereocenters. The first-order valence-corrected chi connectivity index (χ1v) is 7.63. The molecule has 5 nitrogen and oxygen atoms in total. The second kappa shape index (κ2) is 7.31. The second-order valence-electron chi connectivity index (χ2n) is 4.56. The fourth-order valence-corrected chi connectivity index (χ4v) is 3.02. The van der Waals surface area contributed by atoms with E-state index in [-0.39, 0.29) is 36.0 Å². The molecule has 1 aliphatic rings. The highest BCUT2D eigenvalue weighted by Gasteiger charge is 2.24. The van der Waals surface area contributed by atoms with Crippen molar-refractivity contribution in [3.63, 3.8) is 0 Å². The van der Waals surface area contributed by atoms with Crippen molar-refractivity contribution in [3.8, 4) is 0 Å². The number of anilines is 1. The lowest BCUT2D eigenvalue weighted by Crippen LogP contribution is -2.30. The minimum Gasteiger partial charge on any atom is -0.395 e. The van der Waals surface area contributed by atoms with Crippen LogP contribution in [0.25, 0.3) is 0 Å². The highest BCUT2D eigenvalue weighted by molar-refractivity contribution is 8.01. The number of amides is 2. The summed E-state index contributed by atoms with van der Waals surface area (Å²) in [5.41, 5.74) is 2.00. The summed E-state index contributed by atoms with van der Waals surface area (Å²) >= 11 is 1.34. The lowest BCUT2D eigenvalue weighted by atomic mass is 10.1. The Hall–Kier alpha value is -1.53. The number of aliphatic hydroxyl groups excluding tert-OH is 1. The zero-order valence-electron chi connectivity index (χ0n) is 11.1. The predicted octanol–water partition coefficient (Wildman–Crippen LogP) is 0.782. The van der Waals surface area contributed by atoms with Gasteiger partial charge in [0.05, 0.1) is 17.6 Å². The summed E-state index contributed by atoms with van der Waals surface area (Å²) in [7, 11) is 0. The van der Waals surface area contributed by atoms with Gasteiger partial charge in [-0.25, -0.2) is 0 Å². The van der Waals surface area contributed by atoms with E-state index in [0.29, 0.717) is 0 Å². The van der Waals surface area contributed by atoms with Crippen LogP contribution in [0.3, 0.4) is 0 Å². The number of carbonyl (C=O) groups excluding carboxylic acids is 2. The van der Waals surface area contributed by atoms with Crippen LogP contribution in [0, 0.1) is 0 Å². The zero-order valence-corrected chi connectivity index (χ0v) is 11.9. The van der Waals surface area contributed by atoms with E-state index in [1.165, 1.54) is 11.8 Å². The van der Waals surface area contributed by atoms with Crippen molar-refractivity contribution in [2.75, 3.05) is 24.2 Å². The van der Waals surface area contributed by atoms with E-state index < -0.39 is 0 Å². The number of fused-ring (bicyclic) bond motifs is 1. The molecule has 1 atom stereocenters. The van der Waals surface area contributed by atoms with Crippen LogP contribution in [-0.2, 0) is 16.0 Å². The maximum absolute atomic E-state index is 12.1. The Bertz CT molecular complexity index is 493. The zero-order chi connectivity index (χ0) is 14.4. The number of para-hydroxylation sites is 1. The number of aliphatic hydroxyl groups is 1. The van der Waals surface area contributed by atoms with Gasteiger partial charge in [-0.2, -0.15) is 0 Å². The lowest BCUT2D eigenvalue weighted by molar-refractivity contribution is -0.118. The van der Waals surface area contributed by atoms with Crippen LogP contribution in [0.5, 0.6) is 0 Å². The molecule has 108 valence electrons. The van der Waals surface area contributed by atoms with Gasteiger partial charge in [0, 0.05) is 12.2 Å². The number of carbonyl (C=O) groups is 2. The van der Waals surface area contributed by atoms with Crippen molar-refractivity contribution in [2.24, 2.45) is 0 Å². The maximum atomic E-state index is 12.1. The Labute approximate surface area is 122 Å². The average Bonchev–Trinajstić information content (AvgIpc) is 2.61. The number of thioether (sulfide) groups is 1. The molecule has 0 aliphatic carbocycles. The highest BCUT2D eigenvalue weighted by Crippen LogP contribution is 2.26. The third kappa shape index (κ3) is 3.98. The summed E-state index contributed by atoms with van der Waals surface area (Å²) in [5.74, 6) is 0.0301. The molecule has 2 amide bonds. The molecular formula is C14H18N2O3S. The normalized spacial score (nSPS) is 17.9. The molecule has 3 N–H and O–H groups in total. The third-order valence-electron chi connectivity index (χ3n) is 3.09. The van der Waals surface area contributed by atoms with Gasteiger partial charge in [0.25, 0.3) is 0 Å². The van der Waals surface area contributed by atoms with Crippen molar-refractivity contribution in [1.82, 2.24) is 5.32 Å². The third-order valence-corrected chi connectivity index (χ3v) is 4.37. The first kappa shape index (κ1) is 14.9. The van der Waals surface area contributed by atoms with Crippen LogP contribution in [0.4, 0.5) is 5.69 Å². The van der Waals surface area contributed by atoms with Crippen LogP contribution in [-0.4, -0.2) is 41.1 Å². The highest BCUT2D eigenvalue weighted by atomic mass is 32.2. The van der Waals surface area contributed by atoms with E-state index in [1.54, 1.807) is 0 Å². The van der Waals surface area contributed by atoms with Crippen molar-refractivity contribution in [3.05, 3.63) is 29.8 Å². The summed E-state index contributed by atoms with van der Waals surface area (Å²) in [6, 6.07) is 7.76. The van der Waals surface area contributed by atoms with Gasteiger partial charge in [0.2, 0.25) is 11.8 Å². The summed E-state index contributed by atoms with van der Waals surface area (Å²) in [6.07, 6.45) is 1.55. The Kier molecular flexibility index (Phi) is 5.43. The van der Waals surface area contributed by atoms with E-state index in [9.17, 15) is 9.59 Å². The van der Waals surface area contributed by atoms with E-state index >= 15 is 0 Å². The maximum Gasteiger partial charge on any atom is 0.237 e. The van der Waals surface area contributed by atoms with Gasteiger partial charge in [-0.1, -0.05) is 18.2 Å². The van der Waals surface area contributed by atoms with Crippen LogP contribution in [0.15, 0.2) is 24.3 Å². The Morgan fingerprint density at radius 3 is 3.05 bits per heavy atom. The summed E-state index contributed by atoms with van der Waals surface area (Å²) < 4.78 is 0. The number of aryl methyl sites for hydroxylation is 1. The molecule has 20 heavy (non-hydrogen) atoms. The SMILES string of the molecule is O=C(CS[C@@H]1CCc2ccccc2NC1=O)NCCO. The summed E-state index contributed by atoms with van der Waals surface area (Å²) in [5, 5.41) is 13.9. The van der Waals surface area contributed by atoms with Crippen molar-refractivity contribution >= 4 is 29.3 Å². The van der Waals surface area contributed by atoms with Crippen molar-refractivity contribution in [1.29, 1.82) is 0 Å². The van der Waals surface area contributed by atoms with Gasteiger partial charge < -0.3 is 15.7 Å². The predicted molar refractivity (Wildman–Crippen MR) is 79.7 cm³/mol. The Morgan fingerprint density at radius 2 is 2.25 bits per heavy atom. The van der Waals surface area contributed by atoms with Gasteiger partial charge in [0.1, 0.15) is 0 Å². The average molecular weight is 294 g/mol. The van der Waals surface area contributed by atoms with E-state index in [1.807, 2.05) is 24.3 Å². The Morgan fingerprint density at radius 1 is 1.45 bits per heavy atom. The van der Waals surface area contributed by atoms with E-state index in [2.05, 4.69) is 10.6 Å². The quantitative estimate of drug-likeness (QED) is 0.750. The van der Waals surface area contributed by atoms with Gasteiger partial charge in [-0.3, -0.25) is 9.59 Å². The van der Waals surface area contributed by atoms with Crippen LogP contribution in [0.2, 0.25) is 0 Å². The molecule has 1 heterocycles. The smallest absolute Gasteiger partial charge is 0.237 e. The molecule has 1 aliphatic heterocycles. The van der Waals surface area contributed by atoms with Gasteiger partial charge in [-0.15, -0.1) is 11.8 Å². The fourth-order valence-electron chi connectivity index (χ4n) is 2.07. The van der Waals surface area contributed by atoms with E-state index in [4.69, 9.17) is 5.11 Å². The first-order chi connectivity index (χ1) is 9.70. The monoisotopic (exact) mass is 294 g/mol. The molecular weight excluding hydrogens is 276 g/mol. The topological polar surface area (TPSA) is 78.4 Å². The molecule has 0 spiro atoms. The number of nitrogens with one attached hydrogen (secondary N) is 2. The van der Waals surface area contributed by atoms with Gasteiger partial charge in [-0.05, 0) is 24.5 Å². The largest absolute Gasteiger partial charge is 0.395 e. The summed E-state index contributed by atoms with van der Waals surface area (Å²) in [4.78, 5) is 23.6. The molecule has 0 bridgehead atoms. The molecule has 0 aromatic heterocycles. The van der Waals surface area contributed by atoms with Crippen LogP contribution >= 0.6 is 11.8 Å². The van der Waals surface area contributed by atoms with Gasteiger partial charge in [0.15, 0.2) is 0 Å². The molecule has 0 fully saturated rings. The van der Waals surface area contributed by atoms with E-state index in [0.717, 1.165) is 24.1 Å². The standard InChI is InChI=1S/C14H18N2O3S/c17-8-7-15-13(18)9-20-12-6-5-10-3-1-2-4-11(10)16-14(12)19/h1-4,12,17H,5-9H2,(H,15,18)(H,16,19)/t12-/m1/s1. The van der Waals surface area contributed by atoms with Crippen molar-refractivity contribution < 1.29 is 14.7 Å². The Balaban J connectivity index is 1.88. The minimum absolute atomic E-state index is 0.0464. The second-order valence-corrected chi connectivity index (χ2v) is 5.75.